The van der Waals surface area contributed by atoms with Crippen LogP contribution >= 0.6 is 0 Å². The Morgan fingerprint density at radius 2 is 1.94 bits per heavy atom. The zero-order chi connectivity index (χ0) is 12.8. The van der Waals surface area contributed by atoms with E-state index in [0.717, 1.165) is 18.4 Å². The van der Waals surface area contributed by atoms with E-state index in [9.17, 15) is 4.79 Å². The first-order valence-corrected chi connectivity index (χ1v) is 6.72. The van der Waals surface area contributed by atoms with Crippen LogP contribution in [0.3, 0.4) is 0 Å². The lowest BCUT2D eigenvalue weighted by Crippen LogP contribution is -2.43. The van der Waals surface area contributed by atoms with Gasteiger partial charge < -0.3 is 10.6 Å². The lowest BCUT2D eigenvalue weighted by molar-refractivity contribution is 0.229. The van der Waals surface area contributed by atoms with Crippen LogP contribution in [-0.4, -0.2) is 17.1 Å². The highest BCUT2D eigenvalue weighted by Crippen LogP contribution is 2.17. The number of urea groups is 1. The zero-order valence-electron chi connectivity index (χ0n) is 10.9. The number of aromatic nitrogens is 1. The molecule has 0 saturated heterocycles. The van der Waals surface area contributed by atoms with Crippen molar-refractivity contribution in [1.82, 2.24) is 15.6 Å². The van der Waals surface area contributed by atoms with Gasteiger partial charge in [0.2, 0.25) is 0 Å². The Morgan fingerprint density at radius 3 is 2.61 bits per heavy atom. The van der Waals surface area contributed by atoms with Gasteiger partial charge in [0.15, 0.2) is 0 Å². The molecule has 1 heterocycles. The smallest absolute Gasteiger partial charge is 0.315 e. The summed E-state index contributed by atoms with van der Waals surface area (Å²) >= 11 is 0. The van der Waals surface area contributed by atoms with Crippen LogP contribution < -0.4 is 10.6 Å². The van der Waals surface area contributed by atoms with Gasteiger partial charge in [0.25, 0.3) is 0 Å². The van der Waals surface area contributed by atoms with Gasteiger partial charge in [0.1, 0.15) is 0 Å². The Hall–Kier alpha value is -1.58. The van der Waals surface area contributed by atoms with Crippen molar-refractivity contribution in [3.05, 3.63) is 30.1 Å². The van der Waals surface area contributed by atoms with Crippen LogP contribution in [0.15, 0.2) is 24.5 Å². The maximum absolute atomic E-state index is 11.9. The molecule has 1 atom stereocenters. The molecule has 2 amide bonds. The van der Waals surface area contributed by atoms with E-state index in [1.54, 1.807) is 12.4 Å². The molecule has 98 valence electrons. The van der Waals surface area contributed by atoms with Gasteiger partial charge >= 0.3 is 6.03 Å². The van der Waals surface area contributed by atoms with Gasteiger partial charge in [-0.1, -0.05) is 19.3 Å². The summed E-state index contributed by atoms with van der Waals surface area (Å²) in [6.07, 6.45) is 9.45. The summed E-state index contributed by atoms with van der Waals surface area (Å²) < 4.78 is 0. The van der Waals surface area contributed by atoms with Gasteiger partial charge in [-0.05, 0) is 37.5 Å². The fourth-order valence-corrected chi connectivity index (χ4v) is 2.41. The second-order valence-electron chi connectivity index (χ2n) is 4.95. The first kappa shape index (κ1) is 12.9. The zero-order valence-corrected chi connectivity index (χ0v) is 10.9. The molecule has 1 aromatic heterocycles. The average Bonchev–Trinajstić information content (AvgIpc) is 2.40. The first-order valence-electron chi connectivity index (χ1n) is 6.72. The molecule has 4 heteroatoms. The third-order valence-corrected chi connectivity index (χ3v) is 3.49. The molecule has 0 aromatic carbocycles. The molecule has 1 aliphatic carbocycles. The number of amides is 2. The van der Waals surface area contributed by atoms with Crippen molar-refractivity contribution >= 4 is 6.03 Å². The molecule has 0 unspecified atom stereocenters. The highest BCUT2D eigenvalue weighted by molar-refractivity contribution is 5.74. The fraction of sp³-hybridized carbons (Fsp3) is 0.571. The molecule has 1 aliphatic rings. The van der Waals surface area contributed by atoms with Crippen molar-refractivity contribution in [3.63, 3.8) is 0 Å². The maximum Gasteiger partial charge on any atom is 0.315 e. The van der Waals surface area contributed by atoms with Crippen LogP contribution in [0.1, 0.15) is 50.6 Å². The molecule has 1 aromatic rings. The van der Waals surface area contributed by atoms with Crippen LogP contribution in [0.25, 0.3) is 0 Å². The fourth-order valence-electron chi connectivity index (χ4n) is 2.41. The molecule has 2 rings (SSSR count). The standard InChI is InChI=1S/C14H21N3O/c1-11(12-7-9-15-10-8-12)16-14(18)17-13-5-3-2-4-6-13/h7-11,13H,2-6H2,1H3,(H2,16,17,18)/t11-/m0/s1. The van der Waals surface area contributed by atoms with Crippen LogP contribution in [0, 0.1) is 0 Å². The van der Waals surface area contributed by atoms with E-state index in [-0.39, 0.29) is 12.1 Å². The topological polar surface area (TPSA) is 54.0 Å². The molecule has 1 saturated carbocycles. The summed E-state index contributed by atoms with van der Waals surface area (Å²) in [5, 5.41) is 6.02. The summed E-state index contributed by atoms with van der Waals surface area (Å²) in [6, 6.07) is 4.14. The van der Waals surface area contributed by atoms with Crippen molar-refractivity contribution in [3.8, 4) is 0 Å². The molecule has 18 heavy (non-hydrogen) atoms. The molecular formula is C14H21N3O. The van der Waals surface area contributed by atoms with E-state index < -0.39 is 0 Å². The monoisotopic (exact) mass is 247 g/mol. The van der Waals surface area contributed by atoms with Crippen LogP contribution in [0.2, 0.25) is 0 Å². The Labute approximate surface area is 108 Å². The lowest BCUT2D eigenvalue weighted by Gasteiger charge is -2.24. The third-order valence-electron chi connectivity index (χ3n) is 3.49. The Bertz CT molecular complexity index is 374. The van der Waals surface area contributed by atoms with E-state index >= 15 is 0 Å². The predicted molar refractivity (Wildman–Crippen MR) is 71.2 cm³/mol. The molecule has 0 spiro atoms. The highest BCUT2D eigenvalue weighted by Gasteiger charge is 2.16. The van der Waals surface area contributed by atoms with E-state index in [4.69, 9.17) is 0 Å². The van der Waals surface area contributed by atoms with E-state index in [0.29, 0.717) is 6.04 Å². The van der Waals surface area contributed by atoms with Gasteiger partial charge in [-0.2, -0.15) is 0 Å². The second kappa shape index (κ2) is 6.38. The van der Waals surface area contributed by atoms with E-state index in [1.165, 1.54) is 19.3 Å². The number of hydrogen-bond donors (Lipinski definition) is 2. The van der Waals surface area contributed by atoms with Gasteiger partial charge in [-0.25, -0.2) is 4.79 Å². The Balaban J connectivity index is 1.80. The van der Waals surface area contributed by atoms with Crippen molar-refractivity contribution in [1.29, 1.82) is 0 Å². The summed E-state index contributed by atoms with van der Waals surface area (Å²) in [5.74, 6) is 0. The van der Waals surface area contributed by atoms with Crippen molar-refractivity contribution in [2.45, 2.75) is 51.1 Å². The van der Waals surface area contributed by atoms with Crippen molar-refractivity contribution < 1.29 is 4.79 Å². The first-order chi connectivity index (χ1) is 8.75. The average molecular weight is 247 g/mol. The largest absolute Gasteiger partial charge is 0.335 e. The summed E-state index contributed by atoms with van der Waals surface area (Å²) in [6.45, 7) is 1.98. The predicted octanol–water partition coefficient (Wildman–Crippen LogP) is 2.77. The SMILES string of the molecule is C[C@H](NC(=O)NC1CCCCC1)c1ccncc1. The van der Waals surface area contributed by atoms with Crippen LogP contribution in [-0.2, 0) is 0 Å². The minimum absolute atomic E-state index is 0.0107. The Kier molecular flexibility index (Phi) is 4.56. The Morgan fingerprint density at radius 1 is 1.28 bits per heavy atom. The molecule has 0 bridgehead atoms. The van der Waals surface area contributed by atoms with E-state index in [1.807, 2.05) is 19.1 Å². The highest BCUT2D eigenvalue weighted by atomic mass is 16.2. The van der Waals surface area contributed by atoms with Crippen molar-refractivity contribution in [2.24, 2.45) is 0 Å². The van der Waals surface area contributed by atoms with Gasteiger partial charge in [-0.15, -0.1) is 0 Å². The molecule has 1 fully saturated rings. The number of carbonyl (C=O) groups excluding carboxylic acids is 1. The number of pyridine rings is 1. The molecule has 0 radical (unpaired) electrons. The van der Waals surface area contributed by atoms with Gasteiger partial charge in [-0.3, -0.25) is 4.98 Å². The number of rotatable bonds is 3. The lowest BCUT2D eigenvalue weighted by atomic mass is 9.96. The van der Waals surface area contributed by atoms with Crippen LogP contribution in [0.4, 0.5) is 4.79 Å². The van der Waals surface area contributed by atoms with Gasteiger partial charge in [0.05, 0.1) is 6.04 Å². The van der Waals surface area contributed by atoms with E-state index in [2.05, 4.69) is 15.6 Å². The second-order valence-corrected chi connectivity index (χ2v) is 4.95. The third kappa shape index (κ3) is 3.72. The number of carbonyl (C=O) groups is 1. The maximum atomic E-state index is 11.9. The molecule has 0 aliphatic heterocycles. The summed E-state index contributed by atoms with van der Waals surface area (Å²) in [7, 11) is 0. The summed E-state index contributed by atoms with van der Waals surface area (Å²) in [4.78, 5) is 15.8. The molecule has 2 N–H and O–H groups in total. The quantitative estimate of drug-likeness (QED) is 0.863. The number of hydrogen-bond acceptors (Lipinski definition) is 2. The number of nitrogens with one attached hydrogen (secondary N) is 2. The van der Waals surface area contributed by atoms with Crippen LogP contribution in [0.5, 0.6) is 0 Å². The minimum atomic E-state index is -0.0637. The normalized spacial score (nSPS) is 18.1. The minimum Gasteiger partial charge on any atom is -0.335 e. The van der Waals surface area contributed by atoms with Gasteiger partial charge in [0, 0.05) is 18.4 Å². The number of nitrogens with zero attached hydrogens (tertiary/aromatic N) is 1. The molecular weight excluding hydrogens is 226 g/mol. The summed E-state index contributed by atoms with van der Waals surface area (Å²) in [5.41, 5.74) is 1.07. The van der Waals surface area contributed by atoms with Crippen molar-refractivity contribution in [2.75, 3.05) is 0 Å². The molecule has 4 nitrogen and oxygen atoms in total.